The molecule has 2 N–H and O–H groups in total. The monoisotopic (exact) mass is 230 g/mol. The van der Waals surface area contributed by atoms with Gasteiger partial charge >= 0.3 is 0 Å². The number of amides is 1. The minimum absolute atomic E-state index is 0.0185. The van der Waals surface area contributed by atoms with Crippen LogP contribution in [0.25, 0.3) is 5.65 Å². The predicted octanol–water partition coefficient (Wildman–Crippen LogP) is 0.403. The minimum atomic E-state index is -0.304. The molecule has 2 aromatic rings. The quantitative estimate of drug-likeness (QED) is 0.745. The second kappa shape index (κ2) is 3.85. The first-order chi connectivity index (χ1) is 8.27. The van der Waals surface area contributed by atoms with Crippen molar-refractivity contribution in [1.29, 1.82) is 0 Å². The third-order valence-electron chi connectivity index (χ3n) is 3.06. The zero-order valence-corrected chi connectivity index (χ0v) is 9.60. The van der Waals surface area contributed by atoms with Crippen LogP contribution in [0.3, 0.4) is 0 Å². The molecule has 0 bridgehead atoms. The normalized spacial score (nSPS) is 20.5. The largest absolute Gasteiger partial charge is 0.353 e. The molecular formula is C12H14N4O. The van der Waals surface area contributed by atoms with Gasteiger partial charge in [0.2, 0.25) is 5.91 Å². The Bertz CT molecular complexity index is 575. The molecule has 3 rings (SSSR count). The van der Waals surface area contributed by atoms with Gasteiger partial charge in [-0.1, -0.05) is 6.07 Å². The van der Waals surface area contributed by atoms with Crippen LogP contribution in [0.4, 0.5) is 0 Å². The Labute approximate surface area is 98.8 Å². The van der Waals surface area contributed by atoms with Gasteiger partial charge in [0.05, 0.1) is 11.4 Å². The molecule has 3 heterocycles. The summed E-state index contributed by atoms with van der Waals surface area (Å²) in [5.41, 5.74) is 2.70. The van der Waals surface area contributed by atoms with Crippen molar-refractivity contribution in [1.82, 2.24) is 20.0 Å². The summed E-state index contributed by atoms with van der Waals surface area (Å²) in [4.78, 5) is 16.3. The van der Waals surface area contributed by atoms with Gasteiger partial charge in [0, 0.05) is 19.3 Å². The lowest BCUT2D eigenvalue weighted by Crippen LogP contribution is -2.47. The first-order valence-electron chi connectivity index (χ1n) is 5.72. The van der Waals surface area contributed by atoms with Crippen LogP contribution in [0.5, 0.6) is 0 Å². The van der Waals surface area contributed by atoms with Gasteiger partial charge in [-0.25, -0.2) is 4.98 Å². The van der Waals surface area contributed by atoms with Gasteiger partial charge in [-0.05, 0) is 19.1 Å². The first kappa shape index (κ1) is 10.3. The van der Waals surface area contributed by atoms with Gasteiger partial charge < -0.3 is 9.72 Å². The van der Waals surface area contributed by atoms with Gasteiger partial charge in [0.15, 0.2) is 0 Å². The maximum absolute atomic E-state index is 11.9. The second-order valence-electron chi connectivity index (χ2n) is 4.19. The molecule has 1 fully saturated rings. The first-order valence-corrected chi connectivity index (χ1v) is 5.72. The lowest BCUT2D eigenvalue weighted by molar-refractivity contribution is -0.124. The summed E-state index contributed by atoms with van der Waals surface area (Å²) in [7, 11) is 0. The molecule has 0 unspecified atom stereocenters. The number of nitrogens with one attached hydrogen (secondary N) is 2. The lowest BCUT2D eigenvalue weighted by Gasteiger charge is -2.23. The molecule has 5 heteroatoms. The Balaban J connectivity index is 2.15. The summed E-state index contributed by atoms with van der Waals surface area (Å²) in [5.74, 6) is 0.0185. The van der Waals surface area contributed by atoms with E-state index in [-0.39, 0.29) is 11.9 Å². The lowest BCUT2D eigenvalue weighted by atomic mass is 10.1. The molecule has 1 aliphatic heterocycles. The molecule has 0 spiro atoms. The second-order valence-corrected chi connectivity index (χ2v) is 4.19. The Morgan fingerprint density at radius 1 is 1.41 bits per heavy atom. The number of rotatable bonds is 1. The van der Waals surface area contributed by atoms with E-state index in [2.05, 4.69) is 15.6 Å². The number of carbonyl (C=O) groups is 1. The number of fused-ring (bicyclic) bond motifs is 1. The SMILES string of the molecule is Cc1nc2ccccn2c1[C@H]1NCCNC1=O. The Hall–Kier alpha value is -1.88. The van der Waals surface area contributed by atoms with Crippen LogP contribution in [-0.4, -0.2) is 28.4 Å². The van der Waals surface area contributed by atoms with Crippen LogP contribution in [0.1, 0.15) is 17.4 Å². The topological polar surface area (TPSA) is 58.4 Å². The summed E-state index contributed by atoms with van der Waals surface area (Å²) >= 11 is 0. The van der Waals surface area contributed by atoms with Crippen molar-refractivity contribution in [3.05, 3.63) is 35.8 Å². The molecule has 5 nitrogen and oxygen atoms in total. The molecule has 0 radical (unpaired) electrons. The van der Waals surface area contributed by atoms with E-state index in [0.717, 1.165) is 23.6 Å². The molecule has 1 aliphatic rings. The van der Waals surface area contributed by atoms with E-state index in [1.807, 2.05) is 35.7 Å². The summed E-state index contributed by atoms with van der Waals surface area (Å²) in [6.45, 7) is 3.41. The molecule has 0 aromatic carbocycles. The number of hydrogen-bond acceptors (Lipinski definition) is 3. The van der Waals surface area contributed by atoms with E-state index in [0.29, 0.717) is 6.54 Å². The fraction of sp³-hybridized carbons (Fsp3) is 0.333. The number of nitrogens with zero attached hydrogens (tertiary/aromatic N) is 2. The van der Waals surface area contributed by atoms with E-state index < -0.39 is 0 Å². The summed E-state index contributed by atoms with van der Waals surface area (Å²) in [6, 6.07) is 5.52. The molecule has 0 aliphatic carbocycles. The van der Waals surface area contributed by atoms with E-state index in [4.69, 9.17) is 0 Å². The van der Waals surface area contributed by atoms with Gasteiger partial charge in [-0.2, -0.15) is 0 Å². The van der Waals surface area contributed by atoms with Gasteiger partial charge in [0.1, 0.15) is 11.7 Å². The molecule has 1 saturated heterocycles. The van der Waals surface area contributed by atoms with Crippen molar-refractivity contribution in [2.45, 2.75) is 13.0 Å². The highest BCUT2D eigenvalue weighted by atomic mass is 16.2. The molecule has 1 amide bonds. The van der Waals surface area contributed by atoms with Crippen LogP contribution in [-0.2, 0) is 4.79 Å². The van der Waals surface area contributed by atoms with E-state index in [1.165, 1.54) is 0 Å². The molecular weight excluding hydrogens is 216 g/mol. The maximum Gasteiger partial charge on any atom is 0.243 e. The van der Waals surface area contributed by atoms with Crippen molar-refractivity contribution in [3.63, 3.8) is 0 Å². The van der Waals surface area contributed by atoms with Crippen molar-refractivity contribution >= 4 is 11.6 Å². The van der Waals surface area contributed by atoms with E-state index >= 15 is 0 Å². The molecule has 88 valence electrons. The standard InChI is InChI=1S/C12H14N4O/c1-8-11(10-12(17)14-6-5-13-10)16-7-3-2-4-9(16)15-8/h2-4,7,10,13H,5-6H2,1H3,(H,14,17)/t10-/m1/s1. The fourth-order valence-electron chi connectivity index (χ4n) is 2.30. The number of aromatic nitrogens is 2. The highest BCUT2D eigenvalue weighted by Gasteiger charge is 2.27. The van der Waals surface area contributed by atoms with Crippen LogP contribution in [0, 0.1) is 6.92 Å². The van der Waals surface area contributed by atoms with Crippen LogP contribution < -0.4 is 10.6 Å². The number of pyridine rings is 1. The number of piperazine rings is 1. The van der Waals surface area contributed by atoms with Crippen LogP contribution in [0.15, 0.2) is 24.4 Å². The Morgan fingerprint density at radius 3 is 3.12 bits per heavy atom. The van der Waals surface area contributed by atoms with Crippen molar-refractivity contribution in [2.75, 3.05) is 13.1 Å². The Morgan fingerprint density at radius 2 is 2.29 bits per heavy atom. The van der Waals surface area contributed by atoms with Gasteiger partial charge in [-0.15, -0.1) is 0 Å². The maximum atomic E-state index is 11.9. The van der Waals surface area contributed by atoms with Gasteiger partial charge in [-0.3, -0.25) is 10.1 Å². The minimum Gasteiger partial charge on any atom is -0.353 e. The van der Waals surface area contributed by atoms with Crippen LogP contribution in [0.2, 0.25) is 0 Å². The highest BCUT2D eigenvalue weighted by Crippen LogP contribution is 2.20. The van der Waals surface area contributed by atoms with E-state index in [1.54, 1.807) is 0 Å². The predicted molar refractivity (Wildman–Crippen MR) is 63.7 cm³/mol. The Kier molecular flexibility index (Phi) is 2.33. The smallest absolute Gasteiger partial charge is 0.243 e. The zero-order chi connectivity index (χ0) is 11.8. The average molecular weight is 230 g/mol. The number of carbonyl (C=O) groups excluding carboxylic acids is 1. The fourth-order valence-corrected chi connectivity index (χ4v) is 2.30. The molecule has 2 aromatic heterocycles. The van der Waals surface area contributed by atoms with Crippen molar-refractivity contribution in [3.8, 4) is 0 Å². The van der Waals surface area contributed by atoms with Crippen molar-refractivity contribution in [2.24, 2.45) is 0 Å². The highest BCUT2D eigenvalue weighted by molar-refractivity contribution is 5.84. The molecule has 1 atom stereocenters. The zero-order valence-electron chi connectivity index (χ0n) is 9.60. The average Bonchev–Trinajstić information content (AvgIpc) is 2.66. The summed E-state index contributed by atoms with van der Waals surface area (Å²) < 4.78 is 1.97. The van der Waals surface area contributed by atoms with Crippen molar-refractivity contribution < 1.29 is 4.79 Å². The number of hydrogen-bond donors (Lipinski definition) is 2. The molecule has 17 heavy (non-hydrogen) atoms. The third-order valence-corrected chi connectivity index (χ3v) is 3.06. The third kappa shape index (κ3) is 1.59. The van der Waals surface area contributed by atoms with E-state index in [9.17, 15) is 4.79 Å². The number of aryl methyl sites for hydroxylation is 1. The number of imidazole rings is 1. The summed E-state index contributed by atoms with van der Waals surface area (Å²) in [5, 5.41) is 6.10. The molecule has 0 saturated carbocycles. The van der Waals surface area contributed by atoms with Crippen LogP contribution >= 0.6 is 0 Å². The van der Waals surface area contributed by atoms with Gasteiger partial charge in [0.25, 0.3) is 0 Å². The summed E-state index contributed by atoms with van der Waals surface area (Å²) in [6.07, 6.45) is 1.94.